The van der Waals surface area contributed by atoms with E-state index >= 15 is 0 Å². The van der Waals surface area contributed by atoms with Crippen LogP contribution in [0, 0.1) is 0 Å². The lowest BCUT2D eigenvalue weighted by atomic mass is 9.85. The highest BCUT2D eigenvalue weighted by molar-refractivity contribution is 6.32. The molecule has 0 bridgehead atoms. The van der Waals surface area contributed by atoms with E-state index in [1.165, 1.54) is 63.4 Å². The fourth-order valence-electron chi connectivity index (χ4n) is 2.74. The Labute approximate surface area is 121 Å². The Kier molecular flexibility index (Phi) is 8.70. The monoisotopic (exact) mass is 256 g/mol. The molecular formula is C18H29B. The molecule has 1 rings (SSSR count). The van der Waals surface area contributed by atoms with Gasteiger partial charge in [-0.3, -0.25) is 0 Å². The fourth-order valence-corrected chi connectivity index (χ4v) is 2.74. The molecule has 1 aromatic carbocycles. The van der Waals surface area contributed by atoms with Crippen molar-refractivity contribution in [3.8, 4) is 0 Å². The lowest BCUT2D eigenvalue weighted by Crippen LogP contribution is -2.06. The first-order chi connectivity index (χ1) is 9.27. The van der Waals surface area contributed by atoms with Crippen molar-refractivity contribution in [3.63, 3.8) is 0 Å². The van der Waals surface area contributed by atoms with Gasteiger partial charge in [-0.25, -0.2) is 0 Å². The molecule has 0 spiro atoms. The third-order valence-corrected chi connectivity index (χ3v) is 3.94. The minimum atomic E-state index is 0.713. The second kappa shape index (κ2) is 10.1. The smallest absolute Gasteiger partial charge is 0.0964 e. The molecule has 0 fully saturated rings. The van der Waals surface area contributed by atoms with E-state index < -0.39 is 0 Å². The zero-order valence-electron chi connectivity index (χ0n) is 12.8. The zero-order chi connectivity index (χ0) is 13.9. The summed E-state index contributed by atoms with van der Waals surface area (Å²) >= 11 is 0. The first-order valence-corrected chi connectivity index (χ1v) is 8.13. The van der Waals surface area contributed by atoms with Crippen molar-refractivity contribution in [1.82, 2.24) is 0 Å². The molecule has 0 heterocycles. The highest BCUT2D eigenvalue weighted by Gasteiger charge is 2.10. The van der Waals surface area contributed by atoms with Gasteiger partial charge in [-0.05, 0) is 24.3 Å². The first-order valence-electron chi connectivity index (χ1n) is 8.13. The van der Waals surface area contributed by atoms with Crippen LogP contribution in [0.15, 0.2) is 24.3 Å². The molecule has 0 aliphatic rings. The van der Waals surface area contributed by atoms with Crippen LogP contribution in [0.3, 0.4) is 0 Å². The number of hydrogen-bond acceptors (Lipinski definition) is 0. The predicted molar refractivity (Wildman–Crippen MR) is 87.5 cm³/mol. The normalized spacial score (nSPS) is 12.5. The summed E-state index contributed by atoms with van der Waals surface area (Å²) < 4.78 is 0. The van der Waals surface area contributed by atoms with Crippen LogP contribution in [0.5, 0.6) is 0 Å². The molecular weight excluding hydrogens is 227 g/mol. The average Bonchev–Trinajstić information content (AvgIpc) is 2.42. The summed E-state index contributed by atoms with van der Waals surface area (Å²) in [7, 11) is 5.92. The highest BCUT2D eigenvalue weighted by Crippen LogP contribution is 2.27. The molecule has 0 aliphatic carbocycles. The van der Waals surface area contributed by atoms with E-state index in [2.05, 4.69) is 32.0 Å². The van der Waals surface area contributed by atoms with Crippen LogP contribution in [-0.4, -0.2) is 7.85 Å². The van der Waals surface area contributed by atoms with Gasteiger partial charge >= 0.3 is 0 Å². The molecule has 1 heteroatoms. The number of rotatable bonds is 10. The van der Waals surface area contributed by atoms with Gasteiger partial charge in [-0.15, -0.1) is 0 Å². The molecule has 0 aliphatic heterocycles. The first kappa shape index (κ1) is 16.3. The van der Waals surface area contributed by atoms with Crippen LogP contribution < -0.4 is 5.46 Å². The van der Waals surface area contributed by atoms with Crippen molar-refractivity contribution in [1.29, 1.82) is 0 Å². The Morgan fingerprint density at radius 1 is 0.895 bits per heavy atom. The molecule has 0 saturated heterocycles. The Bertz CT molecular complexity index is 332. The molecule has 19 heavy (non-hydrogen) atoms. The molecule has 0 N–H and O–H groups in total. The maximum Gasteiger partial charge on any atom is 0.113 e. The SMILES string of the molecule is [B]c1cccc(C(CCCC)CCCCCCC)c1. The Morgan fingerprint density at radius 3 is 2.26 bits per heavy atom. The molecule has 0 nitrogen and oxygen atoms in total. The summed E-state index contributed by atoms with van der Waals surface area (Å²) in [5.41, 5.74) is 2.36. The maximum absolute atomic E-state index is 5.92. The van der Waals surface area contributed by atoms with E-state index in [0.29, 0.717) is 5.92 Å². The van der Waals surface area contributed by atoms with Crippen molar-refractivity contribution in [2.75, 3.05) is 0 Å². The number of hydrogen-bond donors (Lipinski definition) is 0. The van der Waals surface area contributed by atoms with Crippen LogP contribution in [0.25, 0.3) is 0 Å². The summed E-state index contributed by atoms with van der Waals surface area (Å²) in [5.74, 6) is 0.713. The van der Waals surface area contributed by atoms with Gasteiger partial charge < -0.3 is 0 Å². The molecule has 1 unspecified atom stereocenters. The third-order valence-electron chi connectivity index (χ3n) is 3.94. The largest absolute Gasteiger partial charge is 0.113 e. The second-order valence-electron chi connectivity index (χ2n) is 5.71. The molecule has 1 atom stereocenters. The zero-order valence-corrected chi connectivity index (χ0v) is 12.8. The quantitative estimate of drug-likeness (QED) is 0.403. The summed E-state index contributed by atoms with van der Waals surface area (Å²) in [5, 5.41) is 0. The van der Waals surface area contributed by atoms with Crippen LogP contribution in [0.2, 0.25) is 0 Å². The van der Waals surface area contributed by atoms with Gasteiger partial charge in [-0.2, -0.15) is 0 Å². The molecule has 104 valence electrons. The van der Waals surface area contributed by atoms with Gasteiger partial charge in [0.25, 0.3) is 0 Å². The van der Waals surface area contributed by atoms with E-state index in [1.807, 2.05) is 6.07 Å². The Hall–Kier alpha value is -0.715. The lowest BCUT2D eigenvalue weighted by molar-refractivity contribution is 0.505. The van der Waals surface area contributed by atoms with Crippen LogP contribution in [-0.2, 0) is 0 Å². The molecule has 0 saturated carbocycles. The molecule has 0 aromatic heterocycles. The van der Waals surface area contributed by atoms with E-state index in [9.17, 15) is 0 Å². The minimum absolute atomic E-state index is 0.713. The van der Waals surface area contributed by atoms with Crippen molar-refractivity contribution >= 4 is 13.3 Å². The topological polar surface area (TPSA) is 0 Å². The third kappa shape index (κ3) is 6.85. The fraction of sp³-hybridized carbons (Fsp3) is 0.667. The Balaban J connectivity index is 2.47. The van der Waals surface area contributed by atoms with E-state index in [4.69, 9.17) is 7.85 Å². The van der Waals surface area contributed by atoms with E-state index in [1.54, 1.807) is 0 Å². The summed E-state index contributed by atoms with van der Waals surface area (Å²) in [6.07, 6.45) is 12.1. The number of benzene rings is 1. The van der Waals surface area contributed by atoms with Crippen molar-refractivity contribution in [2.24, 2.45) is 0 Å². The predicted octanol–water partition coefficient (Wildman–Crippen LogP) is 5.11. The van der Waals surface area contributed by atoms with Crippen molar-refractivity contribution < 1.29 is 0 Å². The van der Waals surface area contributed by atoms with Crippen LogP contribution in [0.1, 0.15) is 83.1 Å². The van der Waals surface area contributed by atoms with Crippen LogP contribution >= 0.6 is 0 Å². The van der Waals surface area contributed by atoms with E-state index in [0.717, 1.165) is 5.46 Å². The number of unbranched alkanes of at least 4 members (excludes halogenated alkanes) is 5. The van der Waals surface area contributed by atoms with Gasteiger partial charge in [-0.1, -0.05) is 88.5 Å². The Morgan fingerprint density at radius 2 is 1.58 bits per heavy atom. The minimum Gasteiger partial charge on any atom is -0.0964 e. The summed E-state index contributed by atoms with van der Waals surface area (Å²) in [6.45, 7) is 4.55. The molecule has 0 amide bonds. The molecule has 1 aromatic rings. The maximum atomic E-state index is 5.92. The average molecular weight is 256 g/mol. The van der Waals surface area contributed by atoms with Crippen molar-refractivity contribution in [3.05, 3.63) is 29.8 Å². The summed E-state index contributed by atoms with van der Waals surface area (Å²) in [4.78, 5) is 0. The van der Waals surface area contributed by atoms with Gasteiger partial charge in [0.2, 0.25) is 0 Å². The standard InChI is InChI=1S/C18H29B/c1-3-5-7-8-9-12-16(11-6-4-2)17-13-10-14-18(19)15-17/h10,13-16H,3-9,11-12H2,1-2H3. The molecule has 2 radical (unpaired) electrons. The highest BCUT2D eigenvalue weighted by atomic mass is 14.2. The van der Waals surface area contributed by atoms with Gasteiger partial charge in [0.1, 0.15) is 7.85 Å². The van der Waals surface area contributed by atoms with E-state index in [-0.39, 0.29) is 0 Å². The summed E-state index contributed by atoms with van der Waals surface area (Å²) in [6, 6.07) is 8.51. The lowest BCUT2D eigenvalue weighted by Gasteiger charge is -2.18. The van der Waals surface area contributed by atoms with Gasteiger partial charge in [0.05, 0.1) is 0 Å². The second-order valence-corrected chi connectivity index (χ2v) is 5.71. The van der Waals surface area contributed by atoms with Crippen LogP contribution in [0.4, 0.5) is 0 Å². The van der Waals surface area contributed by atoms with Gasteiger partial charge in [0, 0.05) is 0 Å². The van der Waals surface area contributed by atoms with Gasteiger partial charge in [0.15, 0.2) is 0 Å². The van der Waals surface area contributed by atoms with Crippen molar-refractivity contribution in [2.45, 2.75) is 77.6 Å².